The van der Waals surface area contributed by atoms with Gasteiger partial charge in [-0.05, 0) is 37.5 Å². The Kier molecular flexibility index (Phi) is 9.00. The number of ether oxygens (including phenoxy) is 3. The highest BCUT2D eigenvalue weighted by molar-refractivity contribution is 5.81. The van der Waals surface area contributed by atoms with Crippen LogP contribution >= 0.6 is 0 Å². The molecule has 1 aromatic rings. The fourth-order valence-corrected chi connectivity index (χ4v) is 2.03. The summed E-state index contributed by atoms with van der Waals surface area (Å²) in [7, 11) is 1.65. The van der Waals surface area contributed by atoms with Gasteiger partial charge in [0.05, 0.1) is 26.4 Å². The molecule has 0 aromatic heterocycles. The third kappa shape index (κ3) is 7.27. The number of carbonyl (C=O) groups is 1. The smallest absolute Gasteiger partial charge is 0.330 e. The normalized spacial score (nSPS) is 12.3. The Morgan fingerprint density at radius 3 is 2.55 bits per heavy atom. The molecular weight excluding hydrogens is 280 g/mol. The lowest BCUT2D eigenvalue weighted by Crippen LogP contribution is -2.12. The lowest BCUT2D eigenvalue weighted by Gasteiger charge is -2.15. The number of rotatable bonds is 10. The van der Waals surface area contributed by atoms with Crippen LogP contribution in [0.5, 0.6) is 5.75 Å². The largest absolute Gasteiger partial charge is 0.497 e. The Bertz CT molecular complexity index is 451. The van der Waals surface area contributed by atoms with E-state index in [0.29, 0.717) is 19.6 Å². The van der Waals surface area contributed by atoms with Crippen molar-refractivity contribution in [2.24, 2.45) is 0 Å². The average Bonchev–Trinajstić information content (AvgIpc) is 2.53. The molecule has 1 rings (SSSR count). The van der Waals surface area contributed by atoms with E-state index in [1.54, 1.807) is 14.0 Å². The second kappa shape index (κ2) is 10.9. The highest BCUT2D eigenvalue weighted by Crippen LogP contribution is 2.15. The lowest BCUT2D eigenvalue weighted by atomic mass is 10.1. The van der Waals surface area contributed by atoms with E-state index in [9.17, 15) is 4.79 Å². The van der Waals surface area contributed by atoms with E-state index in [-0.39, 0.29) is 12.1 Å². The first-order chi connectivity index (χ1) is 10.7. The van der Waals surface area contributed by atoms with Crippen molar-refractivity contribution in [3.63, 3.8) is 0 Å². The van der Waals surface area contributed by atoms with Crippen LogP contribution in [0.15, 0.2) is 36.4 Å². The van der Waals surface area contributed by atoms with E-state index in [4.69, 9.17) is 14.2 Å². The van der Waals surface area contributed by atoms with Gasteiger partial charge in [0.15, 0.2) is 0 Å². The maximum absolute atomic E-state index is 11.3. The summed E-state index contributed by atoms with van der Waals surface area (Å²) in [6, 6.07) is 7.84. The van der Waals surface area contributed by atoms with Gasteiger partial charge in [-0.2, -0.15) is 0 Å². The summed E-state index contributed by atoms with van der Waals surface area (Å²) in [5.74, 6) is 0.541. The highest BCUT2D eigenvalue weighted by atomic mass is 16.5. The van der Waals surface area contributed by atoms with Crippen molar-refractivity contribution < 1.29 is 19.0 Å². The molecule has 0 radical (unpaired) electrons. The molecule has 4 nitrogen and oxygen atoms in total. The first-order valence-corrected chi connectivity index (χ1v) is 7.77. The number of carbonyl (C=O) groups excluding carboxylic acids is 1. The maximum atomic E-state index is 11.3. The molecule has 0 spiro atoms. The van der Waals surface area contributed by atoms with Gasteiger partial charge in [0.25, 0.3) is 0 Å². The number of hydrogen-bond acceptors (Lipinski definition) is 4. The molecule has 0 heterocycles. The number of methoxy groups -OCH3 is 1. The van der Waals surface area contributed by atoms with Crippen LogP contribution in [0.25, 0.3) is 0 Å². The van der Waals surface area contributed by atoms with Crippen molar-refractivity contribution >= 4 is 5.97 Å². The van der Waals surface area contributed by atoms with Crippen LogP contribution in [0.1, 0.15) is 38.7 Å². The van der Waals surface area contributed by atoms with Gasteiger partial charge in [0.2, 0.25) is 0 Å². The topological polar surface area (TPSA) is 44.8 Å². The predicted molar refractivity (Wildman–Crippen MR) is 86.9 cm³/mol. The summed E-state index contributed by atoms with van der Waals surface area (Å²) in [5.41, 5.74) is 1.11. The van der Waals surface area contributed by atoms with Crippen LogP contribution < -0.4 is 4.74 Å². The van der Waals surface area contributed by atoms with Crippen molar-refractivity contribution in [1.29, 1.82) is 0 Å². The van der Waals surface area contributed by atoms with Gasteiger partial charge in [-0.15, -0.1) is 0 Å². The Balaban J connectivity index is 2.43. The molecular formula is C18H26O4. The Labute approximate surface area is 133 Å². The van der Waals surface area contributed by atoms with Gasteiger partial charge in [0.1, 0.15) is 5.75 Å². The molecule has 0 amide bonds. The zero-order valence-electron chi connectivity index (χ0n) is 13.7. The van der Waals surface area contributed by atoms with Crippen molar-refractivity contribution in [2.75, 3.05) is 13.7 Å². The molecule has 0 bridgehead atoms. The lowest BCUT2D eigenvalue weighted by molar-refractivity contribution is -0.137. The van der Waals surface area contributed by atoms with Crippen molar-refractivity contribution in [2.45, 2.75) is 45.8 Å². The first kappa shape index (κ1) is 18.2. The SMILES string of the molecule is CCC[C@@H](C/C=C/C(=O)OCC)OCc1ccc(OC)cc1. The summed E-state index contributed by atoms with van der Waals surface area (Å²) in [6.07, 6.45) is 6.12. The van der Waals surface area contributed by atoms with Crippen LogP contribution in [0.2, 0.25) is 0 Å². The van der Waals surface area contributed by atoms with Crippen molar-refractivity contribution in [3.8, 4) is 5.75 Å². The van der Waals surface area contributed by atoms with E-state index in [1.807, 2.05) is 30.3 Å². The molecule has 0 aliphatic heterocycles. The monoisotopic (exact) mass is 306 g/mol. The maximum Gasteiger partial charge on any atom is 0.330 e. The average molecular weight is 306 g/mol. The second-order valence-electron chi connectivity index (χ2n) is 4.96. The molecule has 0 N–H and O–H groups in total. The molecule has 0 saturated carbocycles. The Morgan fingerprint density at radius 2 is 1.95 bits per heavy atom. The molecule has 1 atom stereocenters. The molecule has 0 unspecified atom stereocenters. The van der Waals surface area contributed by atoms with E-state index < -0.39 is 0 Å². The predicted octanol–water partition coefficient (Wildman–Crippen LogP) is 3.89. The van der Waals surface area contributed by atoms with Crippen LogP contribution in [0.3, 0.4) is 0 Å². The highest BCUT2D eigenvalue weighted by Gasteiger charge is 2.07. The molecule has 22 heavy (non-hydrogen) atoms. The standard InChI is InChI=1S/C18H26O4/c1-4-7-17(8-6-9-18(19)21-5-2)22-14-15-10-12-16(20-3)13-11-15/h6,9-13,17H,4-5,7-8,14H2,1-3H3/b9-6+/t17-/m0/s1. The summed E-state index contributed by atoms with van der Waals surface area (Å²) in [4.78, 5) is 11.3. The van der Waals surface area contributed by atoms with Gasteiger partial charge >= 0.3 is 5.97 Å². The molecule has 0 aliphatic carbocycles. The zero-order valence-corrected chi connectivity index (χ0v) is 13.7. The quantitative estimate of drug-likeness (QED) is 0.486. The third-order valence-corrected chi connectivity index (χ3v) is 3.19. The van der Waals surface area contributed by atoms with Crippen LogP contribution in [0.4, 0.5) is 0 Å². The summed E-state index contributed by atoms with van der Waals surface area (Å²) in [5, 5.41) is 0. The number of hydrogen-bond donors (Lipinski definition) is 0. The van der Waals surface area contributed by atoms with Crippen molar-refractivity contribution in [1.82, 2.24) is 0 Å². The molecule has 0 aliphatic rings. The van der Waals surface area contributed by atoms with Gasteiger partial charge in [0, 0.05) is 6.08 Å². The summed E-state index contributed by atoms with van der Waals surface area (Å²) < 4.78 is 15.9. The third-order valence-electron chi connectivity index (χ3n) is 3.19. The van der Waals surface area contributed by atoms with Crippen LogP contribution in [0, 0.1) is 0 Å². The summed E-state index contributed by atoms with van der Waals surface area (Å²) in [6.45, 7) is 4.87. The molecule has 122 valence electrons. The number of benzene rings is 1. The second-order valence-corrected chi connectivity index (χ2v) is 4.96. The summed E-state index contributed by atoms with van der Waals surface area (Å²) >= 11 is 0. The van der Waals surface area contributed by atoms with Gasteiger partial charge in [-0.3, -0.25) is 0 Å². The van der Waals surface area contributed by atoms with Gasteiger partial charge in [-0.25, -0.2) is 4.79 Å². The van der Waals surface area contributed by atoms with E-state index in [1.165, 1.54) is 6.08 Å². The molecule has 1 aromatic carbocycles. The molecule has 0 fully saturated rings. The minimum absolute atomic E-state index is 0.109. The van der Waals surface area contributed by atoms with Crippen LogP contribution in [-0.4, -0.2) is 25.8 Å². The molecule has 0 saturated heterocycles. The van der Waals surface area contributed by atoms with E-state index in [0.717, 1.165) is 24.2 Å². The van der Waals surface area contributed by atoms with Gasteiger partial charge < -0.3 is 14.2 Å². The minimum atomic E-state index is -0.298. The number of esters is 1. The van der Waals surface area contributed by atoms with Crippen LogP contribution in [-0.2, 0) is 20.9 Å². The van der Waals surface area contributed by atoms with Crippen molar-refractivity contribution in [3.05, 3.63) is 42.0 Å². The fourth-order valence-electron chi connectivity index (χ4n) is 2.03. The first-order valence-electron chi connectivity index (χ1n) is 7.77. The van der Waals surface area contributed by atoms with E-state index in [2.05, 4.69) is 6.92 Å². The zero-order chi connectivity index (χ0) is 16.2. The van der Waals surface area contributed by atoms with E-state index >= 15 is 0 Å². The Morgan fingerprint density at radius 1 is 1.23 bits per heavy atom. The molecule has 4 heteroatoms. The fraction of sp³-hybridized carbons (Fsp3) is 0.500. The Hall–Kier alpha value is -1.81. The minimum Gasteiger partial charge on any atom is -0.497 e. The van der Waals surface area contributed by atoms with Gasteiger partial charge in [-0.1, -0.05) is 31.6 Å².